The molecule has 0 fully saturated rings. The molecule has 0 N–H and O–H groups in total. The van der Waals surface area contributed by atoms with Gasteiger partial charge in [-0.05, 0) is 35.4 Å². The lowest BCUT2D eigenvalue weighted by Crippen LogP contribution is -2.18. The average molecular weight is 300 g/mol. The molecule has 2 aromatic rings. The van der Waals surface area contributed by atoms with E-state index < -0.39 is 0 Å². The van der Waals surface area contributed by atoms with Gasteiger partial charge < -0.3 is 14.2 Å². The van der Waals surface area contributed by atoms with Gasteiger partial charge in [0.25, 0.3) is 0 Å². The molecule has 2 rings (SSSR count). The van der Waals surface area contributed by atoms with E-state index in [-0.39, 0.29) is 5.41 Å². The fourth-order valence-electron chi connectivity index (χ4n) is 2.39. The Morgan fingerprint density at radius 3 is 1.68 bits per heavy atom. The zero-order chi connectivity index (χ0) is 16.0. The van der Waals surface area contributed by atoms with Crippen LogP contribution >= 0.6 is 0 Å². The van der Waals surface area contributed by atoms with Gasteiger partial charge in [0.05, 0.1) is 13.7 Å². The van der Waals surface area contributed by atoms with Gasteiger partial charge in [0.1, 0.15) is 18.1 Å². The highest BCUT2D eigenvalue weighted by Gasteiger charge is 2.23. The fourth-order valence-corrected chi connectivity index (χ4v) is 2.39. The van der Waals surface area contributed by atoms with Crippen LogP contribution < -0.4 is 9.47 Å². The highest BCUT2D eigenvalue weighted by atomic mass is 16.5. The Kier molecular flexibility index (Phi) is 5.45. The monoisotopic (exact) mass is 300 g/mol. The summed E-state index contributed by atoms with van der Waals surface area (Å²) in [5, 5.41) is 0. The Morgan fingerprint density at radius 1 is 0.727 bits per heavy atom. The van der Waals surface area contributed by atoms with E-state index in [9.17, 15) is 0 Å². The molecule has 0 spiro atoms. The van der Waals surface area contributed by atoms with Gasteiger partial charge in [0, 0.05) is 12.5 Å². The van der Waals surface area contributed by atoms with Crippen molar-refractivity contribution in [3.63, 3.8) is 0 Å². The molecule has 0 unspecified atom stereocenters. The van der Waals surface area contributed by atoms with Crippen molar-refractivity contribution in [2.45, 2.75) is 19.3 Å². The van der Waals surface area contributed by atoms with Crippen molar-refractivity contribution < 1.29 is 14.2 Å². The Hall–Kier alpha value is -2.00. The Balaban J connectivity index is 2.14. The molecule has 0 bridgehead atoms. The first kappa shape index (κ1) is 16.4. The maximum Gasteiger partial charge on any atom is 0.119 e. The van der Waals surface area contributed by atoms with Crippen LogP contribution in [0, 0.1) is 0 Å². The third-order valence-electron chi connectivity index (χ3n) is 3.94. The van der Waals surface area contributed by atoms with Crippen molar-refractivity contribution in [2.24, 2.45) is 0 Å². The summed E-state index contributed by atoms with van der Waals surface area (Å²) in [6.45, 7) is 5.60. The van der Waals surface area contributed by atoms with Crippen LogP contribution in [0.1, 0.15) is 25.0 Å². The molecule has 0 aromatic heterocycles. The van der Waals surface area contributed by atoms with Crippen LogP contribution in [0.25, 0.3) is 0 Å². The number of rotatable bonds is 7. The second kappa shape index (κ2) is 7.32. The molecule has 0 aliphatic rings. The number of hydrogen-bond donors (Lipinski definition) is 0. The minimum atomic E-state index is -0.0721. The predicted molar refractivity (Wildman–Crippen MR) is 88.9 cm³/mol. The van der Waals surface area contributed by atoms with Crippen LogP contribution in [-0.2, 0) is 10.2 Å². The first-order chi connectivity index (χ1) is 10.6. The molecular weight excluding hydrogens is 276 g/mol. The molecule has 0 aliphatic carbocycles. The summed E-state index contributed by atoms with van der Waals surface area (Å²) in [4.78, 5) is 0. The standard InChI is InChI=1S/C19H24O3/c1-19(2,15-5-9-17(21-4)10-6-15)16-7-11-18(12-8-16)22-14-13-20-3/h5-12H,13-14H2,1-4H3. The average Bonchev–Trinajstić information content (AvgIpc) is 2.55. The van der Waals surface area contributed by atoms with E-state index in [0.717, 1.165) is 11.5 Å². The molecule has 0 radical (unpaired) electrons. The van der Waals surface area contributed by atoms with Crippen LogP contribution in [0.5, 0.6) is 11.5 Å². The van der Waals surface area contributed by atoms with E-state index in [2.05, 4.69) is 38.1 Å². The predicted octanol–water partition coefficient (Wildman–Crippen LogP) is 4.05. The summed E-state index contributed by atoms with van der Waals surface area (Å²) in [6, 6.07) is 16.5. The Labute approximate surface area is 132 Å². The van der Waals surface area contributed by atoms with Gasteiger partial charge in [-0.3, -0.25) is 0 Å². The van der Waals surface area contributed by atoms with Crippen molar-refractivity contribution in [3.8, 4) is 11.5 Å². The topological polar surface area (TPSA) is 27.7 Å². The lowest BCUT2D eigenvalue weighted by atomic mass is 9.78. The van der Waals surface area contributed by atoms with Crippen LogP contribution in [0.3, 0.4) is 0 Å². The normalized spacial score (nSPS) is 11.3. The van der Waals surface area contributed by atoms with Crippen LogP contribution in [-0.4, -0.2) is 27.4 Å². The molecule has 0 atom stereocenters. The molecule has 3 heteroatoms. The molecule has 22 heavy (non-hydrogen) atoms. The largest absolute Gasteiger partial charge is 0.497 e. The second-order valence-corrected chi connectivity index (χ2v) is 5.72. The first-order valence-corrected chi connectivity index (χ1v) is 7.44. The van der Waals surface area contributed by atoms with Gasteiger partial charge in [-0.1, -0.05) is 38.1 Å². The number of ether oxygens (including phenoxy) is 3. The molecule has 118 valence electrons. The Bertz CT molecular complexity index is 571. The smallest absolute Gasteiger partial charge is 0.119 e. The number of hydrogen-bond acceptors (Lipinski definition) is 3. The van der Waals surface area contributed by atoms with E-state index in [0.29, 0.717) is 13.2 Å². The molecule has 3 nitrogen and oxygen atoms in total. The van der Waals surface area contributed by atoms with Gasteiger partial charge in [-0.25, -0.2) is 0 Å². The first-order valence-electron chi connectivity index (χ1n) is 7.44. The van der Waals surface area contributed by atoms with Gasteiger partial charge in [0.2, 0.25) is 0 Å². The summed E-state index contributed by atoms with van der Waals surface area (Å²) in [5.74, 6) is 1.74. The highest BCUT2D eigenvalue weighted by Crippen LogP contribution is 2.33. The third-order valence-corrected chi connectivity index (χ3v) is 3.94. The molecule has 0 saturated carbocycles. The lowest BCUT2D eigenvalue weighted by molar-refractivity contribution is 0.146. The summed E-state index contributed by atoms with van der Waals surface area (Å²) in [5.41, 5.74) is 2.43. The lowest BCUT2D eigenvalue weighted by Gasteiger charge is -2.26. The van der Waals surface area contributed by atoms with Crippen LogP contribution in [0.15, 0.2) is 48.5 Å². The Morgan fingerprint density at radius 2 is 1.23 bits per heavy atom. The SMILES string of the molecule is COCCOc1ccc(C(C)(C)c2ccc(OC)cc2)cc1. The van der Waals surface area contributed by atoms with Crippen LogP contribution in [0.2, 0.25) is 0 Å². The summed E-state index contributed by atoms with van der Waals surface area (Å²) in [6.07, 6.45) is 0. The summed E-state index contributed by atoms with van der Waals surface area (Å²) < 4.78 is 15.8. The quantitative estimate of drug-likeness (QED) is 0.722. The van der Waals surface area contributed by atoms with E-state index in [1.165, 1.54) is 11.1 Å². The number of methoxy groups -OCH3 is 2. The van der Waals surface area contributed by atoms with Crippen molar-refractivity contribution >= 4 is 0 Å². The molecule has 0 heterocycles. The van der Waals surface area contributed by atoms with Gasteiger partial charge in [0.15, 0.2) is 0 Å². The fraction of sp³-hybridized carbons (Fsp3) is 0.368. The number of benzene rings is 2. The van der Waals surface area contributed by atoms with Crippen molar-refractivity contribution in [1.82, 2.24) is 0 Å². The third kappa shape index (κ3) is 3.80. The van der Waals surface area contributed by atoms with Gasteiger partial charge in [-0.2, -0.15) is 0 Å². The molecule has 0 aliphatic heterocycles. The minimum Gasteiger partial charge on any atom is -0.497 e. The van der Waals surface area contributed by atoms with Crippen LogP contribution in [0.4, 0.5) is 0 Å². The second-order valence-electron chi connectivity index (χ2n) is 5.72. The van der Waals surface area contributed by atoms with Gasteiger partial charge in [-0.15, -0.1) is 0 Å². The van der Waals surface area contributed by atoms with E-state index >= 15 is 0 Å². The maximum atomic E-state index is 5.61. The highest BCUT2D eigenvalue weighted by molar-refractivity contribution is 5.41. The maximum absolute atomic E-state index is 5.61. The van der Waals surface area contributed by atoms with E-state index in [1.807, 2.05) is 24.3 Å². The summed E-state index contributed by atoms with van der Waals surface area (Å²) >= 11 is 0. The minimum absolute atomic E-state index is 0.0721. The van der Waals surface area contributed by atoms with Crippen molar-refractivity contribution in [3.05, 3.63) is 59.7 Å². The van der Waals surface area contributed by atoms with E-state index in [1.54, 1.807) is 14.2 Å². The molecule has 2 aromatic carbocycles. The van der Waals surface area contributed by atoms with Gasteiger partial charge >= 0.3 is 0 Å². The molecule has 0 saturated heterocycles. The van der Waals surface area contributed by atoms with Crippen molar-refractivity contribution in [2.75, 3.05) is 27.4 Å². The zero-order valence-electron chi connectivity index (χ0n) is 13.8. The zero-order valence-corrected chi connectivity index (χ0v) is 13.8. The molecular formula is C19H24O3. The van der Waals surface area contributed by atoms with Crippen molar-refractivity contribution in [1.29, 1.82) is 0 Å². The van der Waals surface area contributed by atoms with E-state index in [4.69, 9.17) is 14.2 Å². The summed E-state index contributed by atoms with van der Waals surface area (Å²) in [7, 11) is 3.35. The molecule has 0 amide bonds.